The lowest BCUT2D eigenvalue weighted by Gasteiger charge is -2.40. The Hall–Kier alpha value is -0.0800. The first-order valence-electron chi connectivity index (χ1n) is 8.96. The van der Waals surface area contributed by atoms with Crippen molar-refractivity contribution < 1.29 is 4.74 Å². The fourth-order valence-electron chi connectivity index (χ4n) is 4.23. The van der Waals surface area contributed by atoms with Crippen LogP contribution in [0.25, 0.3) is 0 Å². The molecule has 0 aromatic heterocycles. The van der Waals surface area contributed by atoms with E-state index in [2.05, 4.69) is 33.1 Å². The van der Waals surface area contributed by atoms with Crippen LogP contribution in [-0.4, -0.2) is 25.3 Å². The highest BCUT2D eigenvalue weighted by Gasteiger charge is 2.33. The molecule has 0 radical (unpaired) electrons. The number of likely N-dealkylation sites (N-methyl/N-ethyl adjacent to an activating group) is 1. The van der Waals surface area contributed by atoms with E-state index in [1.165, 1.54) is 51.4 Å². The Bertz CT molecular complexity index is 281. The number of nitrogens with one attached hydrogen (secondary N) is 1. The molecule has 0 heterocycles. The number of ether oxygens (including phenoxy) is 1. The van der Waals surface area contributed by atoms with Crippen molar-refractivity contribution >= 4 is 0 Å². The highest BCUT2D eigenvalue weighted by atomic mass is 16.5. The third kappa shape index (κ3) is 4.21. The zero-order valence-electron chi connectivity index (χ0n) is 14.0. The minimum absolute atomic E-state index is 0.455. The average molecular weight is 281 g/mol. The number of hydrogen-bond donors (Lipinski definition) is 1. The van der Waals surface area contributed by atoms with Crippen molar-refractivity contribution in [3.8, 4) is 0 Å². The van der Waals surface area contributed by atoms with Crippen LogP contribution in [0, 0.1) is 17.8 Å². The molecule has 6 atom stereocenters. The first kappa shape index (κ1) is 16.3. The Morgan fingerprint density at radius 3 is 2.45 bits per heavy atom. The van der Waals surface area contributed by atoms with E-state index in [4.69, 9.17) is 4.74 Å². The van der Waals surface area contributed by atoms with Crippen molar-refractivity contribution in [2.75, 3.05) is 7.05 Å². The highest BCUT2D eigenvalue weighted by Crippen LogP contribution is 2.35. The van der Waals surface area contributed by atoms with Crippen molar-refractivity contribution in [1.29, 1.82) is 0 Å². The van der Waals surface area contributed by atoms with Crippen molar-refractivity contribution in [3.63, 3.8) is 0 Å². The normalized spacial score (nSPS) is 42.6. The fourth-order valence-corrected chi connectivity index (χ4v) is 4.23. The van der Waals surface area contributed by atoms with Gasteiger partial charge in [0.25, 0.3) is 0 Å². The molecule has 0 bridgehead atoms. The Kier molecular flexibility index (Phi) is 6.35. The summed E-state index contributed by atoms with van der Waals surface area (Å²) in [6.45, 7) is 7.11. The van der Waals surface area contributed by atoms with Crippen LogP contribution in [-0.2, 0) is 4.74 Å². The summed E-state index contributed by atoms with van der Waals surface area (Å²) >= 11 is 0. The zero-order valence-corrected chi connectivity index (χ0v) is 14.0. The van der Waals surface area contributed by atoms with Gasteiger partial charge < -0.3 is 10.1 Å². The maximum atomic E-state index is 6.57. The van der Waals surface area contributed by atoms with E-state index in [-0.39, 0.29) is 0 Å². The summed E-state index contributed by atoms with van der Waals surface area (Å²) in [5.74, 6) is 2.61. The lowest BCUT2D eigenvalue weighted by Crippen LogP contribution is -2.46. The SMILES string of the molecule is CCCC1CCC(NC)C(OC2CCC(C)C(C)C2)C1. The van der Waals surface area contributed by atoms with E-state index in [0.717, 1.165) is 17.8 Å². The van der Waals surface area contributed by atoms with Gasteiger partial charge in [-0.05, 0) is 63.3 Å². The van der Waals surface area contributed by atoms with Crippen LogP contribution in [0.15, 0.2) is 0 Å². The molecule has 0 saturated heterocycles. The summed E-state index contributed by atoms with van der Waals surface area (Å²) in [7, 11) is 2.10. The average Bonchev–Trinajstić information content (AvgIpc) is 2.44. The largest absolute Gasteiger partial charge is 0.373 e. The molecule has 0 amide bonds. The van der Waals surface area contributed by atoms with Gasteiger partial charge in [0, 0.05) is 6.04 Å². The molecule has 2 fully saturated rings. The van der Waals surface area contributed by atoms with Crippen molar-refractivity contribution in [2.45, 2.75) is 90.4 Å². The van der Waals surface area contributed by atoms with Gasteiger partial charge in [-0.2, -0.15) is 0 Å². The van der Waals surface area contributed by atoms with Crippen LogP contribution in [0.5, 0.6) is 0 Å². The first-order valence-corrected chi connectivity index (χ1v) is 8.96. The molecular formula is C18H35NO. The topological polar surface area (TPSA) is 21.3 Å². The van der Waals surface area contributed by atoms with Crippen LogP contribution >= 0.6 is 0 Å². The van der Waals surface area contributed by atoms with E-state index in [1.54, 1.807) is 0 Å². The molecule has 2 nitrogen and oxygen atoms in total. The summed E-state index contributed by atoms with van der Waals surface area (Å²) in [5.41, 5.74) is 0. The van der Waals surface area contributed by atoms with Crippen LogP contribution in [0.2, 0.25) is 0 Å². The molecule has 2 saturated carbocycles. The molecule has 2 heteroatoms. The van der Waals surface area contributed by atoms with Gasteiger partial charge in [0.1, 0.15) is 0 Å². The van der Waals surface area contributed by atoms with Gasteiger partial charge in [-0.15, -0.1) is 0 Å². The van der Waals surface area contributed by atoms with Crippen LogP contribution in [0.1, 0.15) is 72.1 Å². The molecule has 6 unspecified atom stereocenters. The molecule has 118 valence electrons. The molecule has 20 heavy (non-hydrogen) atoms. The van der Waals surface area contributed by atoms with E-state index < -0.39 is 0 Å². The summed E-state index contributed by atoms with van der Waals surface area (Å²) < 4.78 is 6.57. The number of hydrogen-bond acceptors (Lipinski definition) is 2. The Balaban J connectivity index is 1.87. The zero-order chi connectivity index (χ0) is 14.5. The Morgan fingerprint density at radius 2 is 1.80 bits per heavy atom. The van der Waals surface area contributed by atoms with Gasteiger partial charge in [-0.1, -0.05) is 33.6 Å². The van der Waals surface area contributed by atoms with E-state index >= 15 is 0 Å². The van der Waals surface area contributed by atoms with Gasteiger partial charge in [-0.25, -0.2) is 0 Å². The molecular weight excluding hydrogens is 246 g/mol. The molecule has 0 aromatic rings. The highest BCUT2D eigenvalue weighted by molar-refractivity contribution is 4.87. The summed E-state index contributed by atoms with van der Waals surface area (Å²) in [6.07, 6.45) is 11.5. The minimum Gasteiger partial charge on any atom is -0.373 e. The molecule has 0 spiro atoms. The molecule has 2 aliphatic carbocycles. The third-order valence-corrected chi connectivity index (χ3v) is 5.89. The fraction of sp³-hybridized carbons (Fsp3) is 1.00. The Morgan fingerprint density at radius 1 is 1.00 bits per heavy atom. The quantitative estimate of drug-likeness (QED) is 0.807. The van der Waals surface area contributed by atoms with Crippen LogP contribution in [0.4, 0.5) is 0 Å². The monoisotopic (exact) mass is 281 g/mol. The van der Waals surface area contributed by atoms with Gasteiger partial charge in [0.05, 0.1) is 12.2 Å². The van der Waals surface area contributed by atoms with Crippen LogP contribution < -0.4 is 5.32 Å². The molecule has 1 N–H and O–H groups in total. The summed E-state index contributed by atoms with van der Waals surface area (Å²) in [6, 6.07) is 0.581. The molecule has 0 aliphatic heterocycles. The van der Waals surface area contributed by atoms with Gasteiger partial charge >= 0.3 is 0 Å². The van der Waals surface area contributed by atoms with Gasteiger partial charge in [0.2, 0.25) is 0 Å². The summed E-state index contributed by atoms with van der Waals surface area (Å²) in [5, 5.41) is 3.50. The maximum absolute atomic E-state index is 6.57. The first-order chi connectivity index (χ1) is 9.63. The van der Waals surface area contributed by atoms with Crippen molar-refractivity contribution in [2.24, 2.45) is 17.8 Å². The van der Waals surface area contributed by atoms with E-state index in [9.17, 15) is 0 Å². The standard InChI is InChI=1S/C18H35NO/c1-5-6-15-8-10-17(19-4)18(12-15)20-16-9-7-13(2)14(3)11-16/h13-19H,5-12H2,1-4H3. The predicted molar refractivity (Wildman–Crippen MR) is 85.9 cm³/mol. The summed E-state index contributed by atoms with van der Waals surface area (Å²) in [4.78, 5) is 0. The number of rotatable bonds is 5. The maximum Gasteiger partial charge on any atom is 0.0734 e. The smallest absolute Gasteiger partial charge is 0.0734 e. The second kappa shape index (κ2) is 7.79. The van der Waals surface area contributed by atoms with Crippen molar-refractivity contribution in [3.05, 3.63) is 0 Å². The van der Waals surface area contributed by atoms with E-state index in [1.807, 2.05) is 0 Å². The van der Waals surface area contributed by atoms with E-state index in [0.29, 0.717) is 18.2 Å². The lowest BCUT2D eigenvalue weighted by atomic mass is 9.79. The molecule has 2 aliphatic rings. The molecule has 2 rings (SSSR count). The van der Waals surface area contributed by atoms with Crippen LogP contribution in [0.3, 0.4) is 0 Å². The molecule has 0 aromatic carbocycles. The third-order valence-electron chi connectivity index (χ3n) is 5.89. The second-order valence-electron chi connectivity index (χ2n) is 7.43. The lowest BCUT2D eigenvalue weighted by molar-refractivity contribution is -0.0813. The van der Waals surface area contributed by atoms with Gasteiger partial charge in [0.15, 0.2) is 0 Å². The minimum atomic E-state index is 0.455. The van der Waals surface area contributed by atoms with Gasteiger partial charge in [-0.3, -0.25) is 0 Å². The van der Waals surface area contributed by atoms with Crippen molar-refractivity contribution in [1.82, 2.24) is 5.32 Å². The predicted octanol–water partition coefficient (Wildman–Crippen LogP) is 4.38. The Labute approximate surface area is 126 Å². The second-order valence-corrected chi connectivity index (χ2v) is 7.43.